The summed E-state index contributed by atoms with van der Waals surface area (Å²) >= 11 is 0. The summed E-state index contributed by atoms with van der Waals surface area (Å²) in [6.45, 7) is 12.6. The first kappa shape index (κ1) is 24.5. The van der Waals surface area contributed by atoms with E-state index in [9.17, 15) is 19.5 Å². The van der Waals surface area contributed by atoms with Crippen molar-refractivity contribution in [1.82, 2.24) is 0 Å². The molecule has 0 bridgehead atoms. The lowest BCUT2D eigenvalue weighted by Crippen LogP contribution is -2.61. The molecule has 7 nitrogen and oxygen atoms in total. The molecular weight excluding hydrogens is 412 g/mol. The third kappa shape index (κ3) is 3.58. The maximum absolute atomic E-state index is 12.9. The molecule has 7 atom stereocenters. The van der Waals surface area contributed by atoms with Gasteiger partial charge in [0.25, 0.3) is 0 Å². The lowest BCUT2D eigenvalue weighted by Gasteiger charge is -2.60. The number of methoxy groups -OCH3 is 1. The second-order valence-electron chi connectivity index (χ2n) is 10.3. The molecule has 0 spiro atoms. The number of hydrogen-bond acceptors (Lipinski definition) is 7. The Morgan fingerprint density at radius 2 is 1.72 bits per heavy atom. The van der Waals surface area contributed by atoms with Gasteiger partial charge in [0.2, 0.25) is 0 Å². The molecule has 0 aromatic carbocycles. The molecule has 0 heterocycles. The van der Waals surface area contributed by atoms with Crippen molar-refractivity contribution in [2.24, 2.45) is 22.2 Å². The molecule has 7 heteroatoms. The van der Waals surface area contributed by atoms with E-state index in [1.807, 2.05) is 20.8 Å². The van der Waals surface area contributed by atoms with Crippen LogP contribution in [0.1, 0.15) is 66.7 Å². The third-order valence-electron chi connectivity index (χ3n) is 8.41. The second-order valence-corrected chi connectivity index (χ2v) is 10.3. The number of carbonyl (C=O) groups excluding carboxylic acids is 3. The fourth-order valence-electron chi connectivity index (χ4n) is 6.62. The molecule has 1 N–H and O–H groups in total. The van der Waals surface area contributed by atoms with Gasteiger partial charge in [-0.25, -0.2) is 0 Å². The average Bonchev–Trinajstić information content (AvgIpc) is 2.72. The molecule has 32 heavy (non-hydrogen) atoms. The summed E-state index contributed by atoms with van der Waals surface area (Å²) in [5.74, 6) is -1.45. The summed E-state index contributed by atoms with van der Waals surface area (Å²) < 4.78 is 16.8. The zero-order chi connectivity index (χ0) is 24.1. The number of aliphatic hydroxyl groups excluding tert-OH is 1. The minimum Gasteiger partial charge on any atom is -0.469 e. The minimum atomic E-state index is -0.896. The topological polar surface area (TPSA) is 99.1 Å². The van der Waals surface area contributed by atoms with Gasteiger partial charge in [0.15, 0.2) is 0 Å². The van der Waals surface area contributed by atoms with Gasteiger partial charge in [-0.3, -0.25) is 14.4 Å². The first-order valence-corrected chi connectivity index (χ1v) is 11.3. The van der Waals surface area contributed by atoms with Gasteiger partial charge in [0.1, 0.15) is 12.2 Å². The van der Waals surface area contributed by atoms with Gasteiger partial charge in [0.05, 0.1) is 18.6 Å². The van der Waals surface area contributed by atoms with Crippen LogP contribution in [0.4, 0.5) is 0 Å². The first-order chi connectivity index (χ1) is 14.8. The molecule has 1 fully saturated rings. The number of fused-ring (bicyclic) bond motifs is 2. The van der Waals surface area contributed by atoms with E-state index in [0.29, 0.717) is 31.3 Å². The Morgan fingerprint density at radius 1 is 1.09 bits per heavy atom. The number of carbonyl (C=O) groups is 3. The predicted octanol–water partition coefficient (Wildman–Crippen LogP) is 3.49. The fourth-order valence-corrected chi connectivity index (χ4v) is 6.62. The number of esters is 3. The summed E-state index contributed by atoms with van der Waals surface area (Å²) in [7, 11) is 1.37. The van der Waals surface area contributed by atoms with Crippen molar-refractivity contribution in [2.45, 2.75) is 85.0 Å². The second kappa shape index (κ2) is 8.32. The maximum atomic E-state index is 12.9. The van der Waals surface area contributed by atoms with Crippen LogP contribution in [0.25, 0.3) is 0 Å². The standard InChI is InChI=1S/C25H36O7/c1-8-23(4)11-9-16-20(21(23)32-15(3)27)17(28)13-18-24(5,22(29)30-7)12-10-19(25(16,18)6)31-14(2)26/h8,17-19,21,28H,1,9-13H2,2-7H3. The normalized spacial score (nSPS) is 41.1. The van der Waals surface area contributed by atoms with Gasteiger partial charge >= 0.3 is 17.9 Å². The molecule has 0 amide bonds. The Bertz CT molecular complexity index is 860. The lowest BCUT2D eigenvalue weighted by molar-refractivity contribution is -0.184. The van der Waals surface area contributed by atoms with Crippen molar-refractivity contribution < 1.29 is 33.7 Å². The lowest BCUT2D eigenvalue weighted by atomic mass is 9.45. The van der Waals surface area contributed by atoms with E-state index >= 15 is 0 Å². The largest absolute Gasteiger partial charge is 0.469 e. The van der Waals surface area contributed by atoms with E-state index in [1.165, 1.54) is 21.0 Å². The van der Waals surface area contributed by atoms with Crippen molar-refractivity contribution in [2.75, 3.05) is 7.11 Å². The van der Waals surface area contributed by atoms with Gasteiger partial charge < -0.3 is 19.3 Å². The molecule has 3 aliphatic carbocycles. The minimum absolute atomic E-state index is 0.281. The highest BCUT2D eigenvalue weighted by Crippen LogP contribution is 2.64. The molecule has 1 saturated carbocycles. The molecule has 0 aliphatic heterocycles. The summed E-state index contributed by atoms with van der Waals surface area (Å²) in [6.07, 6.45) is 2.32. The summed E-state index contributed by atoms with van der Waals surface area (Å²) in [5, 5.41) is 11.4. The van der Waals surface area contributed by atoms with Crippen LogP contribution in [0, 0.1) is 22.2 Å². The first-order valence-electron chi connectivity index (χ1n) is 11.3. The Labute approximate surface area is 190 Å². The Balaban J connectivity index is 2.25. The molecule has 0 aromatic rings. The Hall–Kier alpha value is -2.15. The molecule has 0 radical (unpaired) electrons. The van der Waals surface area contributed by atoms with Crippen molar-refractivity contribution in [1.29, 1.82) is 0 Å². The van der Waals surface area contributed by atoms with E-state index in [1.54, 1.807) is 6.08 Å². The monoisotopic (exact) mass is 448 g/mol. The van der Waals surface area contributed by atoms with Crippen LogP contribution in [0.5, 0.6) is 0 Å². The summed E-state index contributed by atoms with van der Waals surface area (Å²) in [5.41, 5.74) is -0.490. The van der Waals surface area contributed by atoms with Crippen LogP contribution in [0.3, 0.4) is 0 Å². The highest BCUT2D eigenvalue weighted by atomic mass is 16.6. The van der Waals surface area contributed by atoms with Gasteiger partial charge in [0, 0.05) is 24.7 Å². The van der Waals surface area contributed by atoms with Crippen LogP contribution >= 0.6 is 0 Å². The average molecular weight is 449 g/mol. The fraction of sp³-hybridized carbons (Fsp3) is 0.720. The van der Waals surface area contributed by atoms with Crippen molar-refractivity contribution in [3.8, 4) is 0 Å². The molecule has 178 valence electrons. The highest BCUT2D eigenvalue weighted by molar-refractivity contribution is 5.77. The zero-order valence-corrected chi connectivity index (χ0v) is 20.0. The molecular formula is C25H36O7. The molecule has 0 saturated heterocycles. The van der Waals surface area contributed by atoms with E-state index in [4.69, 9.17) is 14.2 Å². The van der Waals surface area contributed by atoms with E-state index < -0.39 is 40.5 Å². The SMILES string of the molecule is C=CC1(C)CCC2=C(C(O)CC3C(C)(C(=O)OC)CCC(OC(C)=O)C23C)C1OC(C)=O. The quantitative estimate of drug-likeness (QED) is 0.399. The van der Waals surface area contributed by atoms with Gasteiger partial charge in [-0.15, -0.1) is 6.58 Å². The van der Waals surface area contributed by atoms with Gasteiger partial charge in [-0.2, -0.15) is 0 Å². The van der Waals surface area contributed by atoms with Crippen LogP contribution in [-0.2, 0) is 28.6 Å². The zero-order valence-electron chi connectivity index (χ0n) is 20.0. The molecule has 3 rings (SSSR count). The van der Waals surface area contributed by atoms with Crippen LogP contribution in [0.15, 0.2) is 23.8 Å². The predicted molar refractivity (Wildman–Crippen MR) is 117 cm³/mol. The van der Waals surface area contributed by atoms with Crippen LogP contribution in [0.2, 0.25) is 0 Å². The van der Waals surface area contributed by atoms with E-state index in [-0.39, 0.29) is 24.3 Å². The highest BCUT2D eigenvalue weighted by Gasteiger charge is 2.64. The van der Waals surface area contributed by atoms with Crippen molar-refractivity contribution in [3.63, 3.8) is 0 Å². The molecule has 0 aromatic heterocycles. The summed E-state index contributed by atoms with van der Waals surface area (Å²) in [4.78, 5) is 36.9. The number of ether oxygens (including phenoxy) is 3. The molecule has 7 unspecified atom stereocenters. The Morgan fingerprint density at radius 3 is 2.25 bits per heavy atom. The van der Waals surface area contributed by atoms with E-state index in [2.05, 4.69) is 6.58 Å². The third-order valence-corrected chi connectivity index (χ3v) is 8.41. The number of aliphatic hydroxyl groups is 1. The summed E-state index contributed by atoms with van der Waals surface area (Å²) in [6, 6.07) is 0. The van der Waals surface area contributed by atoms with Gasteiger partial charge in [-0.05, 0) is 50.5 Å². The smallest absolute Gasteiger partial charge is 0.311 e. The van der Waals surface area contributed by atoms with Crippen LogP contribution in [-0.4, -0.2) is 48.4 Å². The maximum Gasteiger partial charge on any atom is 0.311 e. The van der Waals surface area contributed by atoms with Crippen LogP contribution < -0.4 is 0 Å². The molecule has 3 aliphatic rings. The van der Waals surface area contributed by atoms with E-state index in [0.717, 1.165) is 5.57 Å². The number of rotatable bonds is 4. The van der Waals surface area contributed by atoms with Crippen molar-refractivity contribution in [3.05, 3.63) is 23.8 Å². The number of hydrogen-bond donors (Lipinski definition) is 1. The van der Waals surface area contributed by atoms with Gasteiger partial charge in [-0.1, -0.05) is 25.5 Å². The Kier molecular flexibility index (Phi) is 6.37. The van der Waals surface area contributed by atoms with Crippen molar-refractivity contribution >= 4 is 17.9 Å².